The average Bonchev–Trinajstić information content (AvgIpc) is 2.95. The first kappa shape index (κ1) is 14.3. The van der Waals surface area contributed by atoms with Crippen molar-refractivity contribution in [1.82, 2.24) is 25.3 Å². The second-order valence-electron chi connectivity index (χ2n) is 6.30. The zero-order chi connectivity index (χ0) is 14.7. The van der Waals surface area contributed by atoms with E-state index in [1.54, 1.807) is 12.7 Å². The Kier molecular flexibility index (Phi) is 4.34. The summed E-state index contributed by atoms with van der Waals surface area (Å²) in [6.07, 6.45) is 5.81. The van der Waals surface area contributed by atoms with Crippen LogP contribution in [0.3, 0.4) is 0 Å². The van der Waals surface area contributed by atoms with E-state index in [1.165, 1.54) is 12.8 Å². The highest BCUT2D eigenvalue weighted by molar-refractivity contribution is 5.82. The van der Waals surface area contributed by atoms with Gasteiger partial charge in [0.25, 0.3) is 0 Å². The van der Waals surface area contributed by atoms with Crippen LogP contribution in [0.4, 0.5) is 5.82 Å². The highest BCUT2D eigenvalue weighted by Crippen LogP contribution is 2.25. The molecule has 0 spiro atoms. The average molecular weight is 288 g/mol. The van der Waals surface area contributed by atoms with Crippen molar-refractivity contribution in [1.29, 1.82) is 0 Å². The quantitative estimate of drug-likeness (QED) is 0.878. The van der Waals surface area contributed by atoms with Crippen LogP contribution < -0.4 is 10.2 Å². The second kappa shape index (κ2) is 6.39. The van der Waals surface area contributed by atoms with Gasteiger partial charge in [-0.2, -0.15) is 0 Å². The topological polar surface area (TPSA) is 69.7 Å². The Bertz CT molecular complexity index is 578. The van der Waals surface area contributed by atoms with Gasteiger partial charge in [-0.1, -0.05) is 13.8 Å². The van der Waals surface area contributed by atoms with Crippen LogP contribution >= 0.6 is 0 Å². The maximum atomic E-state index is 4.47. The van der Waals surface area contributed by atoms with Crippen LogP contribution in [0.25, 0.3) is 11.2 Å². The molecule has 6 nitrogen and oxygen atoms in total. The van der Waals surface area contributed by atoms with Gasteiger partial charge in [-0.15, -0.1) is 0 Å². The van der Waals surface area contributed by atoms with Gasteiger partial charge in [-0.25, -0.2) is 15.0 Å². The van der Waals surface area contributed by atoms with E-state index >= 15 is 0 Å². The zero-order valence-electron chi connectivity index (χ0n) is 12.8. The highest BCUT2D eigenvalue weighted by atomic mass is 15.2. The molecule has 2 aromatic heterocycles. The summed E-state index contributed by atoms with van der Waals surface area (Å²) in [4.78, 5) is 18.4. The molecule has 114 valence electrons. The SMILES string of the molecule is CC(C)CNCC1CCCN(c2ncnc3nc[nH]c23)C1. The number of anilines is 1. The van der Waals surface area contributed by atoms with Crippen molar-refractivity contribution in [2.75, 3.05) is 31.1 Å². The minimum absolute atomic E-state index is 0.686. The molecule has 3 rings (SSSR count). The van der Waals surface area contributed by atoms with E-state index in [4.69, 9.17) is 0 Å². The van der Waals surface area contributed by atoms with Gasteiger partial charge in [0.2, 0.25) is 0 Å². The Hall–Kier alpha value is -1.69. The van der Waals surface area contributed by atoms with Crippen molar-refractivity contribution in [3.05, 3.63) is 12.7 Å². The summed E-state index contributed by atoms with van der Waals surface area (Å²) >= 11 is 0. The van der Waals surface area contributed by atoms with Gasteiger partial charge < -0.3 is 15.2 Å². The fraction of sp³-hybridized carbons (Fsp3) is 0.667. The number of hydrogen-bond acceptors (Lipinski definition) is 5. The van der Waals surface area contributed by atoms with Crippen LogP contribution in [0, 0.1) is 11.8 Å². The minimum Gasteiger partial charge on any atom is -0.354 e. The highest BCUT2D eigenvalue weighted by Gasteiger charge is 2.22. The molecule has 21 heavy (non-hydrogen) atoms. The smallest absolute Gasteiger partial charge is 0.182 e. The second-order valence-corrected chi connectivity index (χ2v) is 6.30. The standard InChI is InChI=1S/C15H24N6/c1-11(2)6-16-7-12-4-3-5-21(8-12)15-13-14(18-9-17-13)19-10-20-15/h9-12,16H,3-8H2,1-2H3,(H,17,18,19,20). The van der Waals surface area contributed by atoms with Gasteiger partial charge in [0.15, 0.2) is 11.5 Å². The van der Waals surface area contributed by atoms with Gasteiger partial charge in [0.05, 0.1) is 6.33 Å². The molecule has 1 atom stereocenters. The molecule has 0 amide bonds. The first-order valence-corrected chi connectivity index (χ1v) is 7.83. The predicted molar refractivity (Wildman–Crippen MR) is 84.3 cm³/mol. The molecule has 1 aliphatic heterocycles. The minimum atomic E-state index is 0.686. The molecule has 6 heteroatoms. The third kappa shape index (κ3) is 3.32. The summed E-state index contributed by atoms with van der Waals surface area (Å²) < 4.78 is 0. The number of imidazole rings is 1. The van der Waals surface area contributed by atoms with Gasteiger partial charge in [0, 0.05) is 13.1 Å². The summed E-state index contributed by atoms with van der Waals surface area (Å²) in [7, 11) is 0. The maximum absolute atomic E-state index is 4.47. The number of H-pyrrole nitrogens is 1. The molecular formula is C15H24N6. The number of hydrogen-bond donors (Lipinski definition) is 2. The molecule has 1 unspecified atom stereocenters. The molecule has 1 aliphatic rings. The van der Waals surface area contributed by atoms with Crippen molar-refractivity contribution in [2.24, 2.45) is 11.8 Å². The summed E-state index contributed by atoms with van der Waals surface area (Å²) in [5.74, 6) is 2.38. The summed E-state index contributed by atoms with van der Waals surface area (Å²) in [5, 5.41) is 3.58. The molecule has 0 bridgehead atoms. The first-order valence-electron chi connectivity index (χ1n) is 7.83. The molecule has 1 saturated heterocycles. The lowest BCUT2D eigenvalue weighted by molar-refractivity contribution is 0.381. The van der Waals surface area contributed by atoms with E-state index in [9.17, 15) is 0 Å². The number of nitrogens with one attached hydrogen (secondary N) is 2. The lowest BCUT2D eigenvalue weighted by atomic mass is 9.97. The van der Waals surface area contributed by atoms with Crippen molar-refractivity contribution in [3.8, 4) is 0 Å². The molecule has 3 heterocycles. The third-order valence-corrected chi connectivity index (χ3v) is 4.01. The summed E-state index contributed by atoms with van der Waals surface area (Å²) in [6.45, 7) is 8.79. The summed E-state index contributed by atoms with van der Waals surface area (Å²) in [5.41, 5.74) is 1.70. The first-order chi connectivity index (χ1) is 10.2. The zero-order valence-corrected chi connectivity index (χ0v) is 12.8. The number of piperidine rings is 1. The van der Waals surface area contributed by atoms with Crippen molar-refractivity contribution in [3.63, 3.8) is 0 Å². The Morgan fingerprint density at radius 1 is 1.38 bits per heavy atom. The van der Waals surface area contributed by atoms with Gasteiger partial charge in [-0.3, -0.25) is 0 Å². The van der Waals surface area contributed by atoms with Crippen molar-refractivity contribution >= 4 is 17.0 Å². The van der Waals surface area contributed by atoms with Crippen molar-refractivity contribution < 1.29 is 0 Å². The molecule has 1 fully saturated rings. The van der Waals surface area contributed by atoms with E-state index in [0.29, 0.717) is 11.8 Å². The Morgan fingerprint density at radius 3 is 3.14 bits per heavy atom. The Balaban J connectivity index is 1.67. The molecule has 2 aromatic rings. The van der Waals surface area contributed by atoms with E-state index in [2.05, 4.69) is 44.0 Å². The van der Waals surface area contributed by atoms with Crippen LogP contribution in [-0.4, -0.2) is 46.1 Å². The Morgan fingerprint density at radius 2 is 2.29 bits per heavy atom. The largest absolute Gasteiger partial charge is 0.354 e. The van der Waals surface area contributed by atoms with Crippen LogP contribution in [0.15, 0.2) is 12.7 Å². The summed E-state index contributed by atoms with van der Waals surface area (Å²) in [6, 6.07) is 0. The van der Waals surface area contributed by atoms with Gasteiger partial charge in [-0.05, 0) is 37.8 Å². The van der Waals surface area contributed by atoms with Crippen LogP contribution in [0.2, 0.25) is 0 Å². The Labute approximate surface area is 125 Å². The monoisotopic (exact) mass is 288 g/mol. The van der Waals surface area contributed by atoms with E-state index in [0.717, 1.165) is 43.2 Å². The number of aromatic nitrogens is 4. The third-order valence-electron chi connectivity index (χ3n) is 4.01. The molecule has 0 radical (unpaired) electrons. The number of fused-ring (bicyclic) bond motifs is 1. The fourth-order valence-corrected chi connectivity index (χ4v) is 2.99. The molecule has 2 N–H and O–H groups in total. The van der Waals surface area contributed by atoms with E-state index < -0.39 is 0 Å². The molecular weight excluding hydrogens is 264 g/mol. The fourth-order valence-electron chi connectivity index (χ4n) is 2.99. The number of nitrogens with zero attached hydrogens (tertiary/aromatic N) is 4. The van der Waals surface area contributed by atoms with Crippen LogP contribution in [0.5, 0.6) is 0 Å². The van der Waals surface area contributed by atoms with Crippen molar-refractivity contribution in [2.45, 2.75) is 26.7 Å². The number of rotatable bonds is 5. The van der Waals surface area contributed by atoms with Crippen LogP contribution in [0.1, 0.15) is 26.7 Å². The normalized spacial score (nSPS) is 19.6. The van der Waals surface area contributed by atoms with E-state index in [-0.39, 0.29) is 0 Å². The van der Waals surface area contributed by atoms with Gasteiger partial charge >= 0.3 is 0 Å². The lowest BCUT2D eigenvalue weighted by Crippen LogP contribution is -2.40. The maximum Gasteiger partial charge on any atom is 0.182 e. The number of aromatic amines is 1. The van der Waals surface area contributed by atoms with Crippen LogP contribution in [-0.2, 0) is 0 Å². The molecule has 0 aromatic carbocycles. The lowest BCUT2D eigenvalue weighted by Gasteiger charge is -2.33. The molecule has 0 saturated carbocycles. The van der Waals surface area contributed by atoms with E-state index in [1.807, 2.05) is 0 Å². The van der Waals surface area contributed by atoms with Gasteiger partial charge in [0.1, 0.15) is 11.8 Å². The predicted octanol–water partition coefficient (Wildman–Crippen LogP) is 1.81. The molecule has 0 aliphatic carbocycles.